The first-order valence-corrected chi connectivity index (χ1v) is 8.54. The van der Waals surface area contributed by atoms with E-state index in [4.69, 9.17) is 16.3 Å². The smallest absolute Gasteiger partial charge is 0.261 e. The maximum Gasteiger partial charge on any atom is 0.261 e. The van der Waals surface area contributed by atoms with Crippen molar-refractivity contribution < 1.29 is 9.53 Å². The summed E-state index contributed by atoms with van der Waals surface area (Å²) < 4.78 is 7.69. The minimum Gasteiger partial charge on any atom is -0.480 e. The van der Waals surface area contributed by atoms with Crippen LogP contribution >= 0.6 is 11.6 Å². The molecule has 1 aliphatic heterocycles. The maximum absolute atomic E-state index is 12.3. The van der Waals surface area contributed by atoms with E-state index in [1.807, 2.05) is 30.7 Å². The second-order valence-corrected chi connectivity index (χ2v) is 6.96. The molecule has 1 aliphatic rings. The Morgan fingerprint density at radius 2 is 2.25 bits per heavy atom. The summed E-state index contributed by atoms with van der Waals surface area (Å²) in [7, 11) is 0. The molecule has 0 radical (unpaired) electrons. The number of aromatic nitrogens is 2. The van der Waals surface area contributed by atoms with Gasteiger partial charge in [-0.25, -0.2) is 0 Å². The Labute approximate surface area is 147 Å². The van der Waals surface area contributed by atoms with Crippen LogP contribution in [0.2, 0.25) is 5.02 Å². The quantitative estimate of drug-likeness (QED) is 0.904. The minimum atomic E-state index is -0.473. The summed E-state index contributed by atoms with van der Waals surface area (Å²) >= 11 is 5.98. The highest BCUT2D eigenvalue weighted by Crippen LogP contribution is 2.31. The third-order valence-electron chi connectivity index (χ3n) is 4.20. The number of aryl methyl sites for hydroxylation is 2. The van der Waals surface area contributed by atoms with Gasteiger partial charge in [-0.3, -0.25) is 9.48 Å². The molecule has 1 aromatic heterocycles. The second-order valence-electron chi connectivity index (χ2n) is 6.52. The third kappa shape index (κ3) is 3.73. The van der Waals surface area contributed by atoms with E-state index in [0.717, 1.165) is 29.2 Å². The Morgan fingerprint density at radius 3 is 2.96 bits per heavy atom. The number of hydrogen-bond donors (Lipinski definition) is 1. The van der Waals surface area contributed by atoms with E-state index in [9.17, 15) is 4.79 Å². The lowest BCUT2D eigenvalue weighted by atomic mass is 10.1. The van der Waals surface area contributed by atoms with Crippen molar-refractivity contribution in [3.8, 4) is 5.75 Å². The van der Waals surface area contributed by atoms with Crippen LogP contribution in [0.15, 0.2) is 24.3 Å². The predicted octanol–water partition coefficient (Wildman–Crippen LogP) is 2.91. The van der Waals surface area contributed by atoms with Gasteiger partial charge in [-0.1, -0.05) is 18.5 Å². The molecule has 0 saturated heterocycles. The van der Waals surface area contributed by atoms with Gasteiger partial charge in [-0.2, -0.15) is 5.10 Å². The van der Waals surface area contributed by atoms with Crippen molar-refractivity contribution in [2.24, 2.45) is 5.92 Å². The van der Waals surface area contributed by atoms with Gasteiger partial charge in [-0.05, 0) is 49.6 Å². The molecule has 0 spiro atoms. The molecule has 5 nitrogen and oxygen atoms in total. The molecule has 0 aliphatic carbocycles. The van der Waals surface area contributed by atoms with Gasteiger partial charge in [0.2, 0.25) is 0 Å². The molecular formula is C18H22ClN3O2. The number of hydrogen-bond acceptors (Lipinski definition) is 3. The monoisotopic (exact) mass is 347 g/mol. The van der Waals surface area contributed by atoms with E-state index in [-0.39, 0.29) is 11.8 Å². The highest BCUT2D eigenvalue weighted by Gasteiger charge is 2.29. The first-order valence-electron chi connectivity index (χ1n) is 8.16. The van der Waals surface area contributed by atoms with Gasteiger partial charge in [-0.15, -0.1) is 0 Å². The fourth-order valence-corrected chi connectivity index (χ4v) is 3.17. The summed E-state index contributed by atoms with van der Waals surface area (Å²) in [5, 5.41) is 8.10. The summed E-state index contributed by atoms with van der Waals surface area (Å²) in [6.07, 6.45) is 0.0902. The maximum atomic E-state index is 12.3. The molecular weight excluding hydrogens is 326 g/mol. The second kappa shape index (κ2) is 6.85. The Balaban J connectivity index is 1.50. The number of benzene rings is 1. The number of carbonyl (C=O) groups excluding carboxylic acids is 1. The molecule has 1 N–H and O–H groups in total. The Kier molecular flexibility index (Phi) is 4.81. The molecule has 2 heterocycles. The number of ether oxygens (including phenoxy) is 1. The highest BCUT2D eigenvalue weighted by molar-refractivity contribution is 6.30. The predicted molar refractivity (Wildman–Crippen MR) is 93.4 cm³/mol. The number of rotatable bonds is 5. The van der Waals surface area contributed by atoms with E-state index in [0.29, 0.717) is 18.0 Å². The van der Waals surface area contributed by atoms with Gasteiger partial charge in [0.15, 0.2) is 6.10 Å². The Morgan fingerprint density at radius 1 is 1.46 bits per heavy atom. The van der Waals surface area contributed by atoms with E-state index >= 15 is 0 Å². The number of nitrogens with zero attached hydrogens (tertiary/aromatic N) is 2. The van der Waals surface area contributed by atoms with Gasteiger partial charge in [0, 0.05) is 30.2 Å². The summed E-state index contributed by atoms with van der Waals surface area (Å²) in [6, 6.07) is 7.50. The minimum absolute atomic E-state index is 0.0810. The van der Waals surface area contributed by atoms with Gasteiger partial charge in [0.25, 0.3) is 5.91 Å². The van der Waals surface area contributed by atoms with Crippen molar-refractivity contribution in [1.29, 1.82) is 0 Å². The number of carbonyl (C=O) groups is 1. The molecule has 1 amide bonds. The molecule has 0 bridgehead atoms. The van der Waals surface area contributed by atoms with E-state index < -0.39 is 6.10 Å². The van der Waals surface area contributed by atoms with Crippen LogP contribution in [-0.4, -0.2) is 28.3 Å². The molecule has 2 atom stereocenters. The van der Waals surface area contributed by atoms with Gasteiger partial charge in [0.1, 0.15) is 5.75 Å². The normalized spacial score (nSPS) is 17.2. The number of nitrogens with one attached hydrogen (secondary N) is 1. The fourth-order valence-electron chi connectivity index (χ4n) is 2.97. The number of fused-ring (bicyclic) bond motifs is 1. The fraction of sp³-hybridized carbons (Fsp3) is 0.444. The van der Waals surface area contributed by atoms with Crippen LogP contribution in [0, 0.1) is 19.8 Å². The summed E-state index contributed by atoms with van der Waals surface area (Å²) in [4.78, 5) is 12.3. The van der Waals surface area contributed by atoms with E-state index in [1.165, 1.54) is 0 Å². The molecule has 24 heavy (non-hydrogen) atoms. The number of amides is 1. The molecule has 6 heteroatoms. The molecule has 0 unspecified atom stereocenters. The lowest BCUT2D eigenvalue weighted by molar-refractivity contribution is -0.127. The third-order valence-corrected chi connectivity index (χ3v) is 4.44. The lowest BCUT2D eigenvalue weighted by Gasteiger charge is -2.16. The highest BCUT2D eigenvalue weighted by atomic mass is 35.5. The first-order chi connectivity index (χ1) is 11.4. The zero-order valence-corrected chi connectivity index (χ0v) is 14.9. The largest absolute Gasteiger partial charge is 0.480 e. The lowest BCUT2D eigenvalue weighted by Crippen LogP contribution is -2.40. The van der Waals surface area contributed by atoms with Crippen molar-refractivity contribution in [2.45, 2.75) is 39.8 Å². The van der Waals surface area contributed by atoms with Crippen LogP contribution in [0.5, 0.6) is 5.75 Å². The first kappa shape index (κ1) is 16.8. The van der Waals surface area contributed by atoms with Crippen LogP contribution in [0.25, 0.3) is 0 Å². The van der Waals surface area contributed by atoms with Gasteiger partial charge in [0.05, 0.1) is 5.69 Å². The van der Waals surface area contributed by atoms with Crippen molar-refractivity contribution in [2.75, 3.05) is 6.54 Å². The standard InChI is InChI=1S/C18H22ClN3O2/c1-11(10-22-13(3)6-12(2)21-22)9-20-18(23)17-8-14-7-15(19)4-5-16(14)24-17/h4-7,11,17H,8-10H2,1-3H3,(H,20,23)/t11-,17-/m0/s1. The van der Waals surface area contributed by atoms with E-state index in [1.54, 1.807) is 6.07 Å². The number of halogens is 1. The topological polar surface area (TPSA) is 56.2 Å². The average Bonchev–Trinajstić information content (AvgIpc) is 3.07. The molecule has 3 rings (SSSR count). The zero-order valence-electron chi connectivity index (χ0n) is 14.2. The van der Waals surface area contributed by atoms with Gasteiger partial charge >= 0.3 is 0 Å². The zero-order chi connectivity index (χ0) is 17.3. The summed E-state index contributed by atoms with van der Waals surface area (Å²) in [5.74, 6) is 0.947. The van der Waals surface area contributed by atoms with Crippen LogP contribution in [-0.2, 0) is 17.8 Å². The Bertz CT molecular complexity index is 757. The molecule has 128 valence electrons. The van der Waals surface area contributed by atoms with Crippen LogP contribution in [0.1, 0.15) is 23.9 Å². The SMILES string of the molecule is Cc1cc(C)n(C[C@@H](C)CNC(=O)[C@@H]2Cc3cc(Cl)ccc3O2)n1. The van der Waals surface area contributed by atoms with Crippen molar-refractivity contribution in [3.63, 3.8) is 0 Å². The molecule has 0 saturated carbocycles. The van der Waals surface area contributed by atoms with Crippen molar-refractivity contribution >= 4 is 17.5 Å². The van der Waals surface area contributed by atoms with E-state index in [2.05, 4.69) is 23.4 Å². The van der Waals surface area contributed by atoms with Gasteiger partial charge < -0.3 is 10.1 Å². The molecule has 1 aromatic carbocycles. The summed E-state index contributed by atoms with van der Waals surface area (Å²) in [6.45, 7) is 7.49. The molecule has 0 fully saturated rings. The van der Waals surface area contributed by atoms with Crippen LogP contribution in [0.3, 0.4) is 0 Å². The van der Waals surface area contributed by atoms with Crippen LogP contribution in [0.4, 0.5) is 0 Å². The molecule has 2 aromatic rings. The Hall–Kier alpha value is -2.01. The van der Waals surface area contributed by atoms with Crippen molar-refractivity contribution in [3.05, 3.63) is 46.2 Å². The van der Waals surface area contributed by atoms with Crippen molar-refractivity contribution in [1.82, 2.24) is 15.1 Å². The van der Waals surface area contributed by atoms with Crippen LogP contribution < -0.4 is 10.1 Å². The summed E-state index contributed by atoms with van der Waals surface area (Å²) in [5.41, 5.74) is 3.13. The average molecular weight is 348 g/mol.